The molecule has 1 saturated heterocycles. The highest BCUT2D eigenvalue weighted by atomic mass is 32.2. The number of rotatable bonds is 4. The largest absolute Gasteiger partial charge is 0.361 e. The second-order valence-electron chi connectivity index (χ2n) is 4.03. The molecule has 1 aromatic carbocycles. The van der Waals surface area contributed by atoms with E-state index in [1.54, 1.807) is 0 Å². The predicted molar refractivity (Wildman–Crippen MR) is 72.1 cm³/mol. The van der Waals surface area contributed by atoms with Gasteiger partial charge in [0, 0.05) is 18.3 Å². The molecule has 0 saturated carbocycles. The fourth-order valence-corrected chi connectivity index (χ4v) is 2.74. The van der Waals surface area contributed by atoms with Gasteiger partial charge in [-0.25, -0.2) is 0 Å². The minimum absolute atomic E-state index is 0.544. The summed E-state index contributed by atoms with van der Waals surface area (Å²) in [5.41, 5.74) is 1.40. The fraction of sp³-hybridized carbons (Fsp3) is 0.462. The third-order valence-corrected chi connectivity index (χ3v) is 3.64. The molecule has 1 aliphatic heterocycles. The molecule has 0 aliphatic carbocycles. The second-order valence-corrected chi connectivity index (χ2v) is 5.04. The van der Waals surface area contributed by atoms with E-state index < -0.39 is 0 Å². The van der Waals surface area contributed by atoms with Crippen LogP contribution >= 0.6 is 11.8 Å². The first-order valence-electron chi connectivity index (χ1n) is 5.86. The Morgan fingerprint density at radius 2 is 2.19 bits per heavy atom. The first-order valence-corrected chi connectivity index (χ1v) is 6.84. The van der Waals surface area contributed by atoms with Gasteiger partial charge in [0.05, 0.1) is 0 Å². The van der Waals surface area contributed by atoms with E-state index in [9.17, 15) is 0 Å². The first-order chi connectivity index (χ1) is 7.88. The molecule has 0 radical (unpaired) electrons. The van der Waals surface area contributed by atoms with Crippen LogP contribution in [0, 0.1) is 0 Å². The molecular weight excluding hydrogens is 216 g/mol. The lowest BCUT2D eigenvalue weighted by Gasteiger charge is -2.09. The van der Waals surface area contributed by atoms with Crippen LogP contribution in [0.15, 0.2) is 35.3 Å². The van der Waals surface area contributed by atoms with Crippen molar-refractivity contribution >= 4 is 16.9 Å². The summed E-state index contributed by atoms with van der Waals surface area (Å²) in [5.74, 6) is 1.14. The maximum absolute atomic E-state index is 4.50. The minimum atomic E-state index is 0.544. The average Bonchev–Trinajstić information content (AvgIpc) is 2.75. The molecule has 86 valence electrons. The van der Waals surface area contributed by atoms with Crippen molar-refractivity contribution in [2.75, 3.05) is 12.3 Å². The Hall–Kier alpha value is -0.960. The van der Waals surface area contributed by atoms with Crippen molar-refractivity contribution in [1.82, 2.24) is 5.32 Å². The van der Waals surface area contributed by atoms with Crippen LogP contribution in [0.2, 0.25) is 0 Å². The fourth-order valence-electron chi connectivity index (χ4n) is 1.75. The molecule has 2 nitrogen and oxygen atoms in total. The van der Waals surface area contributed by atoms with Crippen LogP contribution in [0.3, 0.4) is 0 Å². The lowest BCUT2D eigenvalue weighted by atomic mass is 10.1. The monoisotopic (exact) mass is 234 g/mol. The predicted octanol–water partition coefficient (Wildman–Crippen LogP) is 2.70. The van der Waals surface area contributed by atoms with Crippen molar-refractivity contribution in [3.8, 4) is 0 Å². The summed E-state index contributed by atoms with van der Waals surface area (Å²) in [7, 11) is 0. The number of nitrogens with one attached hydrogen (secondary N) is 1. The molecule has 0 aromatic heterocycles. The van der Waals surface area contributed by atoms with Crippen molar-refractivity contribution in [3.05, 3.63) is 35.9 Å². The Kier molecular flexibility index (Phi) is 4.28. The van der Waals surface area contributed by atoms with E-state index in [1.807, 2.05) is 11.8 Å². The van der Waals surface area contributed by atoms with Crippen LogP contribution in [0.1, 0.15) is 18.9 Å². The summed E-state index contributed by atoms with van der Waals surface area (Å²) in [5, 5.41) is 4.61. The van der Waals surface area contributed by atoms with Gasteiger partial charge in [-0.05, 0) is 18.4 Å². The third-order valence-electron chi connectivity index (χ3n) is 2.55. The van der Waals surface area contributed by atoms with E-state index in [0.29, 0.717) is 6.04 Å². The van der Waals surface area contributed by atoms with Crippen LogP contribution in [-0.4, -0.2) is 23.5 Å². The Morgan fingerprint density at radius 3 is 2.94 bits per heavy atom. The van der Waals surface area contributed by atoms with Gasteiger partial charge in [-0.2, -0.15) is 0 Å². The van der Waals surface area contributed by atoms with Crippen molar-refractivity contribution in [2.45, 2.75) is 25.8 Å². The molecule has 1 heterocycles. The van der Waals surface area contributed by atoms with Crippen LogP contribution < -0.4 is 5.32 Å². The summed E-state index contributed by atoms with van der Waals surface area (Å²) in [6.07, 6.45) is 2.22. The molecule has 1 aromatic rings. The number of amidine groups is 1. The molecule has 1 atom stereocenters. The minimum Gasteiger partial charge on any atom is -0.361 e. The number of nitrogens with zero attached hydrogens (tertiary/aromatic N) is 1. The zero-order valence-electron chi connectivity index (χ0n) is 9.65. The molecule has 1 aliphatic rings. The van der Waals surface area contributed by atoms with Gasteiger partial charge in [-0.15, -0.1) is 0 Å². The molecule has 0 bridgehead atoms. The van der Waals surface area contributed by atoms with Crippen LogP contribution in [0.5, 0.6) is 0 Å². The summed E-state index contributed by atoms with van der Waals surface area (Å²) >= 11 is 1.85. The maximum atomic E-state index is 4.50. The smallest absolute Gasteiger partial charge is 0.156 e. The van der Waals surface area contributed by atoms with Gasteiger partial charge in [0.2, 0.25) is 0 Å². The Balaban J connectivity index is 1.85. The molecule has 2 rings (SSSR count). The van der Waals surface area contributed by atoms with Crippen molar-refractivity contribution < 1.29 is 0 Å². The topological polar surface area (TPSA) is 24.4 Å². The van der Waals surface area contributed by atoms with Crippen LogP contribution in [0.4, 0.5) is 0 Å². The normalized spacial score (nSPS) is 22.3. The zero-order valence-corrected chi connectivity index (χ0v) is 10.5. The standard InChI is InChI=1S/C13H18N2S/c1-2-8-14-13-15-12(10-16-13)9-11-6-4-3-5-7-11/h3-7,12H,2,8-10H2,1H3,(H,14,15). The van der Waals surface area contributed by atoms with E-state index in [4.69, 9.17) is 0 Å². The highest BCUT2D eigenvalue weighted by Gasteiger charge is 2.19. The number of hydrogen-bond donors (Lipinski definition) is 1. The summed E-state index contributed by atoms with van der Waals surface area (Å²) in [4.78, 5) is 4.50. The molecule has 16 heavy (non-hydrogen) atoms. The lowest BCUT2D eigenvalue weighted by molar-refractivity contribution is 0.686. The van der Waals surface area contributed by atoms with Gasteiger partial charge in [0.15, 0.2) is 5.17 Å². The molecule has 3 heteroatoms. The summed E-state index contributed by atoms with van der Waals surface area (Å²) in [6, 6.07) is 11.2. The second kappa shape index (κ2) is 5.94. The molecule has 1 unspecified atom stereocenters. The van der Waals surface area contributed by atoms with E-state index >= 15 is 0 Å². The SMILES string of the molecule is CCCN=C1NC(Cc2ccccc2)CS1. The molecular formula is C13H18N2S. The molecule has 0 amide bonds. The van der Waals surface area contributed by atoms with Gasteiger partial charge >= 0.3 is 0 Å². The molecule has 1 fully saturated rings. The number of benzene rings is 1. The zero-order chi connectivity index (χ0) is 11.2. The average molecular weight is 234 g/mol. The highest BCUT2D eigenvalue weighted by molar-refractivity contribution is 8.14. The van der Waals surface area contributed by atoms with Gasteiger partial charge in [-0.3, -0.25) is 4.99 Å². The van der Waals surface area contributed by atoms with Gasteiger partial charge < -0.3 is 5.32 Å². The maximum Gasteiger partial charge on any atom is 0.156 e. The Bertz CT molecular complexity index is 348. The van der Waals surface area contributed by atoms with Crippen molar-refractivity contribution in [3.63, 3.8) is 0 Å². The Morgan fingerprint density at radius 1 is 1.38 bits per heavy atom. The van der Waals surface area contributed by atoms with Crippen molar-refractivity contribution in [2.24, 2.45) is 4.99 Å². The quantitative estimate of drug-likeness (QED) is 0.866. The van der Waals surface area contributed by atoms with E-state index in [1.165, 1.54) is 5.56 Å². The summed E-state index contributed by atoms with van der Waals surface area (Å²) < 4.78 is 0. The van der Waals surface area contributed by atoms with Gasteiger partial charge in [-0.1, -0.05) is 49.0 Å². The Labute approximate surface area is 102 Å². The third kappa shape index (κ3) is 3.27. The van der Waals surface area contributed by atoms with Crippen LogP contribution in [-0.2, 0) is 6.42 Å². The van der Waals surface area contributed by atoms with Crippen molar-refractivity contribution in [1.29, 1.82) is 0 Å². The molecule has 0 spiro atoms. The number of thioether (sulfide) groups is 1. The van der Waals surface area contributed by atoms with E-state index in [0.717, 1.165) is 30.3 Å². The highest BCUT2D eigenvalue weighted by Crippen LogP contribution is 2.17. The summed E-state index contributed by atoms with van der Waals surface area (Å²) in [6.45, 7) is 3.10. The van der Waals surface area contributed by atoms with Gasteiger partial charge in [0.25, 0.3) is 0 Å². The van der Waals surface area contributed by atoms with E-state index in [-0.39, 0.29) is 0 Å². The van der Waals surface area contributed by atoms with Crippen LogP contribution in [0.25, 0.3) is 0 Å². The number of hydrogen-bond acceptors (Lipinski definition) is 2. The lowest BCUT2D eigenvalue weighted by Crippen LogP contribution is -2.29. The van der Waals surface area contributed by atoms with E-state index in [2.05, 4.69) is 47.6 Å². The number of aliphatic imine (C=N–C) groups is 1. The van der Waals surface area contributed by atoms with Gasteiger partial charge in [0.1, 0.15) is 0 Å². The molecule has 1 N–H and O–H groups in total. The first kappa shape index (κ1) is 11.5.